The number of rotatable bonds is 5. The van der Waals surface area contributed by atoms with Gasteiger partial charge in [0.25, 0.3) is 0 Å². The molecule has 0 bridgehead atoms. The van der Waals surface area contributed by atoms with Gasteiger partial charge in [0, 0.05) is 4.47 Å². The minimum atomic E-state index is -0.538. The molecule has 2 rings (SSSR count). The number of ether oxygens (including phenoxy) is 1. The Bertz CT molecular complexity index is 569. The minimum Gasteiger partial charge on any atom is -0.494 e. The number of hydrogen-bond acceptors (Lipinski definition) is 2. The highest BCUT2D eigenvalue weighted by molar-refractivity contribution is 9.10. The molecule has 2 nitrogen and oxygen atoms in total. The van der Waals surface area contributed by atoms with E-state index in [2.05, 4.69) is 15.9 Å². The zero-order chi connectivity index (χ0) is 14.5. The van der Waals surface area contributed by atoms with Gasteiger partial charge in [0.15, 0.2) is 11.6 Å². The Balaban J connectivity index is 1.99. The number of methoxy groups -OCH3 is 1. The first-order valence-corrected chi connectivity index (χ1v) is 7.12. The van der Waals surface area contributed by atoms with E-state index in [1.807, 2.05) is 24.3 Å². The summed E-state index contributed by atoms with van der Waals surface area (Å²) in [5.41, 5.74) is 1.81. The second kappa shape index (κ2) is 6.86. The fourth-order valence-electron chi connectivity index (χ4n) is 2.07. The van der Waals surface area contributed by atoms with E-state index in [4.69, 9.17) is 4.74 Å². The fraction of sp³-hybridized carbons (Fsp3) is 0.250. The van der Waals surface area contributed by atoms with Crippen molar-refractivity contribution >= 4 is 15.9 Å². The van der Waals surface area contributed by atoms with E-state index in [9.17, 15) is 9.50 Å². The molecule has 1 unspecified atom stereocenters. The molecular weight excluding hydrogens is 323 g/mol. The summed E-state index contributed by atoms with van der Waals surface area (Å²) in [6.07, 6.45) is 0.418. The van der Waals surface area contributed by atoms with Gasteiger partial charge in [-0.3, -0.25) is 0 Å². The van der Waals surface area contributed by atoms with Crippen LogP contribution < -0.4 is 4.74 Å². The molecule has 1 N–H and O–H groups in total. The van der Waals surface area contributed by atoms with E-state index in [0.29, 0.717) is 12.8 Å². The van der Waals surface area contributed by atoms with Crippen LogP contribution in [0.2, 0.25) is 0 Å². The predicted molar refractivity (Wildman–Crippen MR) is 80.5 cm³/mol. The summed E-state index contributed by atoms with van der Waals surface area (Å²) in [6.45, 7) is 0. The molecule has 0 radical (unpaired) electrons. The van der Waals surface area contributed by atoms with Crippen LogP contribution in [0, 0.1) is 5.82 Å². The Kier molecular flexibility index (Phi) is 5.15. The second-order valence-corrected chi connectivity index (χ2v) is 5.57. The molecule has 0 spiro atoms. The van der Waals surface area contributed by atoms with Crippen LogP contribution in [0.25, 0.3) is 0 Å². The van der Waals surface area contributed by atoms with E-state index in [0.717, 1.165) is 15.6 Å². The second-order valence-electron chi connectivity index (χ2n) is 4.66. The Hall–Kier alpha value is -1.39. The fourth-order valence-corrected chi connectivity index (χ4v) is 2.34. The van der Waals surface area contributed by atoms with Crippen molar-refractivity contribution in [2.45, 2.75) is 18.9 Å². The first-order chi connectivity index (χ1) is 9.58. The maximum atomic E-state index is 13.6. The van der Waals surface area contributed by atoms with Gasteiger partial charge in [0.05, 0.1) is 13.2 Å². The summed E-state index contributed by atoms with van der Waals surface area (Å²) < 4.78 is 19.4. The Labute approximate surface area is 126 Å². The lowest BCUT2D eigenvalue weighted by Crippen LogP contribution is -2.14. The summed E-state index contributed by atoms with van der Waals surface area (Å²) >= 11 is 3.37. The van der Waals surface area contributed by atoms with E-state index >= 15 is 0 Å². The number of aliphatic hydroxyl groups excluding tert-OH is 1. The van der Waals surface area contributed by atoms with Crippen LogP contribution in [0.1, 0.15) is 11.1 Å². The summed E-state index contributed by atoms with van der Waals surface area (Å²) in [4.78, 5) is 0. The molecule has 20 heavy (non-hydrogen) atoms. The van der Waals surface area contributed by atoms with Crippen LogP contribution in [0.5, 0.6) is 5.75 Å². The standard InChI is InChI=1S/C16H16BrFO2/c1-20-16-7-4-12(10-15(16)18)9-14(19)8-11-2-5-13(17)6-3-11/h2-7,10,14,19H,8-9H2,1H3. The van der Waals surface area contributed by atoms with Crippen LogP contribution in [0.4, 0.5) is 4.39 Å². The normalized spacial score (nSPS) is 12.2. The zero-order valence-electron chi connectivity index (χ0n) is 11.1. The molecule has 2 aromatic carbocycles. The maximum Gasteiger partial charge on any atom is 0.165 e. The predicted octanol–water partition coefficient (Wildman–Crippen LogP) is 3.74. The Morgan fingerprint density at radius 1 is 1.10 bits per heavy atom. The molecule has 1 atom stereocenters. The number of aliphatic hydroxyl groups is 1. The summed E-state index contributed by atoms with van der Waals surface area (Å²) in [5, 5.41) is 10.1. The van der Waals surface area contributed by atoms with Crippen molar-refractivity contribution < 1.29 is 14.2 Å². The van der Waals surface area contributed by atoms with Crippen LogP contribution >= 0.6 is 15.9 Å². The van der Waals surface area contributed by atoms with Crippen molar-refractivity contribution in [1.29, 1.82) is 0 Å². The molecule has 0 fully saturated rings. The topological polar surface area (TPSA) is 29.5 Å². The highest BCUT2D eigenvalue weighted by Gasteiger charge is 2.09. The first kappa shape index (κ1) is 15.0. The monoisotopic (exact) mass is 338 g/mol. The van der Waals surface area contributed by atoms with Gasteiger partial charge in [-0.1, -0.05) is 34.1 Å². The van der Waals surface area contributed by atoms with Crippen molar-refractivity contribution in [3.8, 4) is 5.75 Å². The van der Waals surface area contributed by atoms with Gasteiger partial charge in [0.2, 0.25) is 0 Å². The Morgan fingerprint density at radius 3 is 2.30 bits per heavy atom. The van der Waals surface area contributed by atoms with Crippen LogP contribution in [0.3, 0.4) is 0 Å². The van der Waals surface area contributed by atoms with Crippen LogP contribution in [-0.2, 0) is 12.8 Å². The van der Waals surface area contributed by atoms with E-state index in [-0.39, 0.29) is 5.75 Å². The molecule has 0 saturated heterocycles. The number of hydrogen-bond donors (Lipinski definition) is 1. The molecule has 4 heteroatoms. The summed E-state index contributed by atoms with van der Waals surface area (Å²) in [6, 6.07) is 12.6. The third-order valence-corrected chi connectivity index (χ3v) is 3.60. The van der Waals surface area contributed by atoms with E-state index in [1.54, 1.807) is 12.1 Å². The summed E-state index contributed by atoms with van der Waals surface area (Å²) in [5.74, 6) is -0.183. The van der Waals surface area contributed by atoms with Gasteiger partial charge >= 0.3 is 0 Å². The van der Waals surface area contributed by atoms with Gasteiger partial charge in [-0.05, 0) is 48.2 Å². The van der Waals surface area contributed by atoms with Crippen molar-refractivity contribution in [1.82, 2.24) is 0 Å². The molecule has 106 valence electrons. The van der Waals surface area contributed by atoms with Gasteiger partial charge < -0.3 is 9.84 Å². The van der Waals surface area contributed by atoms with E-state index in [1.165, 1.54) is 13.2 Å². The zero-order valence-corrected chi connectivity index (χ0v) is 12.7. The van der Waals surface area contributed by atoms with Crippen LogP contribution in [0.15, 0.2) is 46.9 Å². The molecular formula is C16H16BrFO2. The van der Waals surface area contributed by atoms with Crippen molar-refractivity contribution in [2.24, 2.45) is 0 Å². The van der Waals surface area contributed by atoms with Crippen molar-refractivity contribution in [3.05, 3.63) is 63.9 Å². The van der Waals surface area contributed by atoms with Crippen molar-refractivity contribution in [3.63, 3.8) is 0 Å². The molecule has 0 aliphatic rings. The lowest BCUT2D eigenvalue weighted by molar-refractivity contribution is 0.175. The van der Waals surface area contributed by atoms with Crippen LogP contribution in [-0.4, -0.2) is 18.3 Å². The van der Waals surface area contributed by atoms with Gasteiger partial charge in [0.1, 0.15) is 0 Å². The first-order valence-electron chi connectivity index (χ1n) is 6.33. The molecule has 0 saturated carbocycles. The quantitative estimate of drug-likeness (QED) is 0.899. The van der Waals surface area contributed by atoms with Gasteiger partial charge in [-0.25, -0.2) is 4.39 Å². The molecule has 0 aromatic heterocycles. The lowest BCUT2D eigenvalue weighted by atomic mass is 10.0. The van der Waals surface area contributed by atoms with E-state index < -0.39 is 11.9 Å². The average Bonchev–Trinajstić information content (AvgIpc) is 2.41. The average molecular weight is 339 g/mol. The molecule has 0 aliphatic carbocycles. The molecule has 0 aliphatic heterocycles. The van der Waals surface area contributed by atoms with Gasteiger partial charge in [-0.2, -0.15) is 0 Å². The SMILES string of the molecule is COc1ccc(CC(O)Cc2ccc(Br)cc2)cc1F. The van der Waals surface area contributed by atoms with Gasteiger partial charge in [-0.15, -0.1) is 0 Å². The third kappa shape index (κ3) is 4.05. The maximum absolute atomic E-state index is 13.6. The highest BCUT2D eigenvalue weighted by Crippen LogP contribution is 2.19. The molecule has 0 heterocycles. The lowest BCUT2D eigenvalue weighted by Gasteiger charge is -2.12. The third-order valence-electron chi connectivity index (χ3n) is 3.07. The Morgan fingerprint density at radius 2 is 1.70 bits per heavy atom. The number of halogens is 2. The molecule has 2 aromatic rings. The largest absolute Gasteiger partial charge is 0.494 e. The smallest absolute Gasteiger partial charge is 0.165 e. The summed E-state index contributed by atoms with van der Waals surface area (Å²) in [7, 11) is 1.43. The number of benzene rings is 2. The van der Waals surface area contributed by atoms with Crippen molar-refractivity contribution in [2.75, 3.05) is 7.11 Å². The minimum absolute atomic E-state index is 0.219. The molecule has 0 amide bonds. The highest BCUT2D eigenvalue weighted by atomic mass is 79.9.